The highest BCUT2D eigenvalue weighted by molar-refractivity contribution is 8.00. The van der Waals surface area contributed by atoms with Crippen LogP contribution in [0.5, 0.6) is 11.5 Å². The van der Waals surface area contributed by atoms with Crippen LogP contribution in [-0.4, -0.2) is 55.7 Å². The highest BCUT2D eigenvalue weighted by Gasteiger charge is 2.28. The van der Waals surface area contributed by atoms with E-state index >= 15 is 0 Å². The van der Waals surface area contributed by atoms with Gasteiger partial charge in [-0.1, -0.05) is 42.5 Å². The first-order valence-corrected chi connectivity index (χ1v) is 19.1. The predicted molar refractivity (Wildman–Crippen MR) is 220 cm³/mol. The maximum Gasteiger partial charge on any atom is 0.341 e. The third-order valence-corrected chi connectivity index (χ3v) is 10.4. The largest absolute Gasteiger partial charge is 0.497 e. The third-order valence-electron chi connectivity index (χ3n) is 8.14. The lowest BCUT2D eigenvalue weighted by Crippen LogP contribution is -2.30. The van der Waals surface area contributed by atoms with Crippen LogP contribution in [-0.2, 0) is 14.3 Å². The van der Waals surface area contributed by atoms with Crippen molar-refractivity contribution in [2.24, 2.45) is 0 Å². The number of thiophene rings is 1. The highest BCUT2D eigenvalue weighted by atomic mass is 32.2. The topological polar surface area (TPSA) is 161 Å². The number of esters is 1. The van der Waals surface area contributed by atoms with Gasteiger partial charge in [0, 0.05) is 27.4 Å². The van der Waals surface area contributed by atoms with Crippen LogP contribution in [0.3, 0.4) is 0 Å². The van der Waals surface area contributed by atoms with Gasteiger partial charge in [-0.3, -0.25) is 19.2 Å². The molecule has 56 heavy (non-hydrogen) atoms. The second-order valence-corrected chi connectivity index (χ2v) is 14.5. The molecule has 1 atom stereocenters. The van der Waals surface area contributed by atoms with Crippen molar-refractivity contribution < 1.29 is 38.2 Å². The lowest BCUT2D eigenvalue weighted by Gasteiger charge is -2.15. The summed E-state index contributed by atoms with van der Waals surface area (Å²) in [4.78, 5) is 67.7. The van der Waals surface area contributed by atoms with E-state index in [2.05, 4.69) is 21.3 Å². The van der Waals surface area contributed by atoms with Crippen molar-refractivity contribution in [2.45, 2.75) is 30.9 Å². The van der Waals surface area contributed by atoms with Crippen molar-refractivity contribution in [1.29, 1.82) is 0 Å². The molecule has 0 radical (unpaired) electrons. The van der Waals surface area contributed by atoms with Gasteiger partial charge in [-0.15, -0.1) is 23.1 Å². The van der Waals surface area contributed by atoms with Crippen LogP contribution < -0.4 is 30.7 Å². The van der Waals surface area contributed by atoms with E-state index in [-0.39, 0.29) is 27.7 Å². The summed E-state index contributed by atoms with van der Waals surface area (Å²) in [6, 6.07) is 29.3. The molecular weight excluding hydrogens is 753 g/mol. The van der Waals surface area contributed by atoms with Gasteiger partial charge in [0.05, 0.1) is 36.5 Å². The normalized spacial score (nSPS) is 11.5. The quantitative estimate of drug-likeness (QED) is 0.0467. The van der Waals surface area contributed by atoms with E-state index in [0.29, 0.717) is 44.5 Å². The Morgan fingerprint density at radius 3 is 2.16 bits per heavy atom. The van der Waals surface area contributed by atoms with Crippen LogP contribution in [0, 0.1) is 6.92 Å². The standard InChI is InChI=1S/C42H40N4O8S2/c1-6-54-42(51)35-25(2)36(40(50)43-29-16-11-8-12-17-29)56-41(35)46-37(47)26(3)55-32-19-13-18-30(24-32)44-39(49)33(45-38(48)27-14-9-7-10-15-27)23-28-22-31(52-4)20-21-34(28)53-5/h7-24,26H,6H2,1-5H3,(H,43,50)(H,44,49)(H,45,48)(H,46,47)/b33-23+. The number of nitrogens with one attached hydrogen (secondary N) is 4. The SMILES string of the molecule is CCOC(=O)c1c(NC(=O)C(C)Sc2cccc(NC(=O)/C(=C\c3cc(OC)ccc3OC)NC(=O)c3ccccc3)c2)sc(C(=O)Nc2ccccc2)c1C. The fraction of sp³-hybridized carbons (Fsp3) is 0.167. The smallest absolute Gasteiger partial charge is 0.341 e. The monoisotopic (exact) mass is 792 g/mol. The van der Waals surface area contributed by atoms with Crippen LogP contribution in [0.15, 0.2) is 114 Å². The first-order chi connectivity index (χ1) is 27.0. The molecule has 1 unspecified atom stereocenters. The Kier molecular flexibility index (Phi) is 14.0. The summed E-state index contributed by atoms with van der Waals surface area (Å²) in [6.07, 6.45) is 1.50. The van der Waals surface area contributed by atoms with Crippen LogP contribution in [0.1, 0.15) is 55.4 Å². The Morgan fingerprint density at radius 2 is 1.48 bits per heavy atom. The zero-order valence-electron chi connectivity index (χ0n) is 31.3. The van der Waals surface area contributed by atoms with Crippen molar-refractivity contribution >= 4 is 75.1 Å². The van der Waals surface area contributed by atoms with E-state index < -0.39 is 34.8 Å². The molecule has 0 saturated heterocycles. The molecule has 0 aliphatic rings. The maximum atomic E-state index is 13.8. The number of carbonyl (C=O) groups is 5. The number of carbonyl (C=O) groups excluding carboxylic acids is 5. The van der Waals surface area contributed by atoms with Crippen molar-refractivity contribution in [3.8, 4) is 11.5 Å². The number of hydrogen-bond acceptors (Lipinski definition) is 10. The lowest BCUT2D eigenvalue weighted by molar-refractivity contribution is -0.115. The summed E-state index contributed by atoms with van der Waals surface area (Å²) < 4.78 is 16.1. The van der Waals surface area contributed by atoms with Crippen LogP contribution in [0.25, 0.3) is 6.08 Å². The molecule has 0 aliphatic carbocycles. The minimum atomic E-state index is -0.679. The minimum absolute atomic E-state index is 0.0586. The Morgan fingerprint density at radius 1 is 0.786 bits per heavy atom. The average molecular weight is 793 g/mol. The van der Waals surface area contributed by atoms with Crippen LogP contribution in [0.4, 0.5) is 16.4 Å². The summed E-state index contributed by atoms with van der Waals surface area (Å²) in [5.74, 6) is -1.63. The molecule has 4 aromatic carbocycles. The number of para-hydroxylation sites is 1. The van der Waals surface area contributed by atoms with E-state index in [1.54, 1.807) is 118 Å². The predicted octanol–water partition coefficient (Wildman–Crippen LogP) is 8.03. The fourth-order valence-corrected chi connectivity index (χ4v) is 7.36. The van der Waals surface area contributed by atoms with Gasteiger partial charge in [0.1, 0.15) is 22.2 Å². The average Bonchev–Trinajstić information content (AvgIpc) is 3.53. The molecule has 5 rings (SSSR count). The molecule has 4 amide bonds. The first kappa shape index (κ1) is 40.8. The Balaban J connectivity index is 1.34. The zero-order valence-corrected chi connectivity index (χ0v) is 32.9. The van der Waals surface area contributed by atoms with E-state index in [1.807, 2.05) is 6.07 Å². The second-order valence-electron chi connectivity index (χ2n) is 12.0. The fourth-order valence-electron chi connectivity index (χ4n) is 5.34. The number of amides is 4. The van der Waals surface area contributed by atoms with Gasteiger partial charge < -0.3 is 35.5 Å². The number of methoxy groups -OCH3 is 2. The molecule has 0 aliphatic heterocycles. The van der Waals surface area contributed by atoms with Crippen LogP contribution >= 0.6 is 23.1 Å². The molecule has 0 saturated carbocycles. The Bertz CT molecular complexity index is 2260. The van der Waals surface area contributed by atoms with E-state index in [1.165, 1.54) is 32.1 Å². The molecule has 0 fully saturated rings. The molecule has 288 valence electrons. The van der Waals surface area contributed by atoms with Gasteiger partial charge in [-0.25, -0.2) is 4.79 Å². The van der Waals surface area contributed by atoms with Crippen molar-refractivity contribution in [2.75, 3.05) is 36.8 Å². The molecular formula is C42H40N4O8S2. The van der Waals surface area contributed by atoms with Gasteiger partial charge in [0.25, 0.3) is 17.7 Å². The van der Waals surface area contributed by atoms with Gasteiger partial charge in [-0.2, -0.15) is 0 Å². The number of thioether (sulfide) groups is 1. The Labute approximate surface area is 332 Å². The molecule has 1 heterocycles. The number of rotatable bonds is 15. The first-order valence-electron chi connectivity index (χ1n) is 17.4. The van der Waals surface area contributed by atoms with Gasteiger partial charge >= 0.3 is 5.97 Å². The summed E-state index contributed by atoms with van der Waals surface area (Å²) in [6.45, 7) is 5.11. The van der Waals surface area contributed by atoms with Gasteiger partial charge in [0.2, 0.25) is 5.91 Å². The van der Waals surface area contributed by atoms with Crippen molar-refractivity contribution in [1.82, 2.24) is 5.32 Å². The zero-order chi connectivity index (χ0) is 40.2. The van der Waals surface area contributed by atoms with E-state index in [9.17, 15) is 24.0 Å². The van der Waals surface area contributed by atoms with E-state index in [4.69, 9.17) is 14.2 Å². The van der Waals surface area contributed by atoms with E-state index in [0.717, 1.165) is 11.3 Å². The third kappa shape index (κ3) is 10.4. The van der Waals surface area contributed by atoms with Crippen LogP contribution in [0.2, 0.25) is 0 Å². The van der Waals surface area contributed by atoms with Crippen molar-refractivity contribution in [3.05, 3.63) is 136 Å². The minimum Gasteiger partial charge on any atom is -0.497 e. The summed E-state index contributed by atoms with van der Waals surface area (Å²) in [7, 11) is 3.01. The van der Waals surface area contributed by atoms with Gasteiger partial charge in [0.15, 0.2) is 0 Å². The lowest BCUT2D eigenvalue weighted by atomic mass is 10.1. The number of anilines is 3. The summed E-state index contributed by atoms with van der Waals surface area (Å²) in [5.41, 5.74) is 2.27. The molecule has 14 heteroatoms. The molecule has 1 aromatic heterocycles. The molecule has 0 bridgehead atoms. The molecule has 0 spiro atoms. The second kappa shape index (κ2) is 19.3. The Hall–Kier alpha value is -6.38. The van der Waals surface area contributed by atoms with Gasteiger partial charge in [-0.05, 0) is 93.1 Å². The maximum absolute atomic E-state index is 13.8. The number of benzene rings is 4. The number of hydrogen-bond donors (Lipinski definition) is 4. The summed E-state index contributed by atoms with van der Waals surface area (Å²) in [5, 5.41) is 10.7. The molecule has 5 aromatic rings. The molecule has 4 N–H and O–H groups in total. The number of ether oxygens (including phenoxy) is 3. The molecule has 12 nitrogen and oxygen atoms in total. The highest BCUT2D eigenvalue weighted by Crippen LogP contribution is 2.36. The van der Waals surface area contributed by atoms with Crippen molar-refractivity contribution in [3.63, 3.8) is 0 Å². The summed E-state index contributed by atoms with van der Waals surface area (Å²) >= 11 is 2.20.